The van der Waals surface area contributed by atoms with Gasteiger partial charge in [-0.3, -0.25) is 9.69 Å². The van der Waals surface area contributed by atoms with Gasteiger partial charge < -0.3 is 4.74 Å². The second-order valence-electron chi connectivity index (χ2n) is 6.24. The Labute approximate surface area is 167 Å². The molecule has 0 spiro atoms. The molecule has 0 N–H and O–H groups in total. The number of ether oxygens (including phenoxy) is 1. The number of likely N-dealkylation sites (N-methyl/N-ethyl adjacent to an activating group) is 1. The van der Waals surface area contributed by atoms with Crippen molar-refractivity contribution in [2.75, 3.05) is 7.05 Å². The third-order valence-corrected chi connectivity index (χ3v) is 5.92. The number of rotatable bonds is 4. The van der Waals surface area contributed by atoms with Crippen LogP contribution in [0.4, 0.5) is 0 Å². The summed E-state index contributed by atoms with van der Waals surface area (Å²) < 4.78 is 6.54. The van der Waals surface area contributed by atoms with Crippen LogP contribution in [0.2, 0.25) is 0 Å². The molecule has 1 fully saturated rings. The lowest BCUT2D eigenvalue weighted by molar-refractivity contribution is -0.121. The van der Waals surface area contributed by atoms with Gasteiger partial charge in [-0.05, 0) is 40.1 Å². The molecule has 0 saturated carbocycles. The fourth-order valence-electron chi connectivity index (χ4n) is 2.94. The monoisotopic (exact) mass is 391 g/mol. The van der Waals surface area contributed by atoms with Crippen LogP contribution in [0, 0.1) is 0 Å². The van der Waals surface area contributed by atoms with Crippen molar-refractivity contribution in [3.63, 3.8) is 0 Å². The van der Waals surface area contributed by atoms with Crippen LogP contribution < -0.4 is 4.74 Å². The summed E-state index contributed by atoms with van der Waals surface area (Å²) in [6, 6.07) is 22.3. The molecule has 1 amide bonds. The van der Waals surface area contributed by atoms with Crippen molar-refractivity contribution in [3.8, 4) is 5.75 Å². The van der Waals surface area contributed by atoms with Crippen LogP contribution in [0.3, 0.4) is 0 Å². The van der Waals surface area contributed by atoms with Crippen LogP contribution >= 0.6 is 24.0 Å². The first kappa shape index (κ1) is 17.8. The topological polar surface area (TPSA) is 29.5 Å². The third-order valence-electron chi connectivity index (χ3n) is 4.44. The van der Waals surface area contributed by atoms with Gasteiger partial charge in [0.15, 0.2) is 0 Å². The molecule has 27 heavy (non-hydrogen) atoms. The summed E-state index contributed by atoms with van der Waals surface area (Å²) in [6.07, 6.45) is 1.86. The predicted octanol–water partition coefficient (Wildman–Crippen LogP) is 5.25. The Balaban J connectivity index is 1.47. The summed E-state index contributed by atoms with van der Waals surface area (Å²) in [6.45, 7) is 0.509. The normalized spacial score (nSPS) is 15.7. The molecule has 0 unspecified atom stereocenters. The van der Waals surface area contributed by atoms with E-state index in [0.717, 1.165) is 16.9 Å². The van der Waals surface area contributed by atoms with Crippen molar-refractivity contribution < 1.29 is 9.53 Å². The van der Waals surface area contributed by atoms with Crippen LogP contribution in [-0.4, -0.2) is 22.2 Å². The zero-order valence-corrected chi connectivity index (χ0v) is 16.3. The smallest absolute Gasteiger partial charge is 0.265 e. The van der Waals surface area contributed by atoms with Crippen LogP contribution in [0.1, 0.15) is 11.1 Å². The second-order valence-corrected chi connectivity index (χ2v) is 7.91. The summed E-state index contributed by atoms with van der Waals surface area (Å²) in [4.78, 5) is 14.2. The molecule has 0 aliphatic carbocycles. The number of thiocarbonyl (C=S) groups is 1. The lowest BCUT2D eigenvalue weighted by atomic mass is 10.1. The molecule has 4 rings (SSSR count). The molecule has 3 nitrogen and oxygen atoms in total. The van der Waals surface area contributed by atoms with Gasteiger partial charge in [0.05, 0.1) is 4.91 Å². The molecular weight excluding hydrogens is 374 g/mol. The number of fused-ring (bicyclic) bond motifs is 1. The van der Waals surface area contributed by atoms with Gasteiger partial charge in [-0.2, -0.15) is 0 Å². The lowest BCUT2D eigenvalue weighted by Crippen LogP contribution is -2.22. The van der Waals surface area contributed by atoms with Crippen molar-refractivity contribution in [2.45, 2.75) is 6.61 Å². The molecule has 5 heteroatoms. The molecule has 3 aromatic rings. The average Bonchev–Trinajstić information content (AvgIpc) is 2.94. The maximum Gasteiger partial charge on any atom is 0.265 e. The largest absolute Gasteiger partial charge is 0.489 e. The molecular formula is C22H17NO2S2. The first-order chi connectivity index (χ1) is 13.1. The van der Waals surface area contributed by atoms with Gasteiger partial charge in [0.1, 0.15) is 16.7 Å². The molecule has 1 saturated heterocycles. The highest BCUT2D eigenvalue weighted by molar-refractivity contribution is 8.26. The number of benzene rings is 3. The van der Waals surface area contributed by atoms with E-state index in [2.05, 4.69) is 24.3 Å². The molecule has 134 valence electrons. The molecule has 0 atom stereocenters. The standard InChI is InChI=1S/C22H17NO2S2/c1-23-21(24)20(27-22(23)26)13-15-9-11-18(12-10-15)25-14-17-7-4-6-16-5-2-3-8-19(16)17/h2-13H,14H2,1H3/b20-13-. The van der Waals surface area contributed by atoms with Gasteiger partial charge in [-0.1, -0.05) is 78.6 Å². The molecule has 0 bridgehead atoms. The van der Waals surface area contributed by atoms with E-state index in [4.69, 9.17) is 17.0 Å². The Hall–Kier alpha value is -2.63. The predicted molar refractivity (Wildman–Crippen MR) is 116 cm³/mol. The first-order valence-electron chi connectivity index (χ1n) is 8.53. The summed E-state index contributed by atoms with van der Waals surface area (Å²) in [7, 11) is 1.70. The molecule has 0 aromatic heterocycles. The van der Waals surface area contributed by atoms with Gasteiger partial charge in [-0.15, -0.1) is 0 Å². The van der Waals surface area contributed by atoms with E-state index in [-0.39, 0.29) is 5.91 Å². The first-order valence-corrected chi connectivity index (χ1v) is 9.75. The fourth-order valence-corrected chi connectivity index (χ4v) is 4.12. The number of hydrogen-bond acceptors (Lipinski definition) is 4. The molecule has 1 aliphatic heterocycles. The Morgan fingerprint density at radius 3 is 2.52 bits per heavy atom. The Bertz CT molecular complexity index is 1050. The number of amides is 1. The summed E-state index contributed by atoms with van der Waals surface area (Å²) >= 11 is 6.48. The Kier molecular flexibility index (Phi) is 4.97. The van der Waals surface area contributed by atoms with E-state index in [1.54, 1.807) is 7.05 Å². The van der Waals surface area contributed by atoms with Crippen molar-refractivity contribution >= 4 is 51.1 Å². The Morgan fingerprint density at radius 2 is 1.78 bits per heavy atom. The lowest BCUT2D eigenvalue weighted by Gasteiger charge is -2.09. The van der Waals surface area contributed by atoms with Crippen LogP contribution in [-0.2, 0) is 11.4 Å². The number of carbonyl (C=O) groups is 1. The van der Waals surface area contributed by atoms with Crippen molar-refractivity contribution in [1.29, 1.82) is 0 Å². The van der Waals surface area contributed by atoms with E-state index in [0.29, 0.717) is 15.8 Å². The third kappa shape index (κ3) is 3.75. The van der Waals surface area contributed by atoms with E-state index in [9.17, 15) is 4.79 Å². The molecule has 1 heterocycles. The van der Waals surface area contributed by atoms with E-state index in [1.165, 1.54) is 27.4 Å². The number of hydrogen-bond donors (Lipinski definition) is 0. The SMILES string of the molecule is CN1C(=O)/C(=C/c2ccc(OCc3cccc4ccccc34)cc2)SC1=S. The van der Waals surface area contributed by atoms with Gasteiger partial charge in [-0.25, -0.2) is 0 Å². The summed E-state index contributed by atoms with van der Waals surface area (Å²) in [5, 5.41) is 2.42. The quantitative estimate of drug-likeness (QED) is 0.449. The minimum atomic E-state index is -0.0544. The Morgan fingerprint density at radius 1 is 1.04 bits per heavy atom. The second kappa shape index (κ2) is 7.55. The molecule has 3 aromatic carbocycles. The number of nitrogens with zero attached hydrogens (tertiary/aromatic N) is 1. The average molecular weight is 392 g/mol. The van der Waals surface area contributed by atoms with E-state index in [1.807, 2.05) is 48.5 Å². The van der Waals surface area contributed by atoms with Gasteiger partial charge in [0.2, 0.25) is 0 Å². The highest BCUT2D eigenvalue weighted by atomic mass is 32.2. The van der Waals surface area contributed by atoms with Gasteiger partial charge in [0, 0.05) is 7.05 Å². The number of thioether (sulfide) groups is 1. The minimum Gasteiger partial charge on any atom is -0.489 e. The maximum absolute atomic E-state index is 12.1. The van der Waals surface area contributed by atoms with Crippen LogP contribution in [0.5, 0.6) is 5.75 Å². The number of carbonyl (C=O) groups excluding carboxylic acids is 1. The molecule has 1 aliphatic rings. The van der Waals surface area contributed by atoms with Crippen molar-refractivity contribution in [1.82, 2.24) is 4.90 Å². The highest BCUT2D eigenvalue weighted by Crippen LogP contribution is 2.31. The zero-order valence-electron chi connectivity index (χ0n) is 14.7. The van der Waals surface area contributed by atoms with E-state index >= 15 is 0 Å². The van der Waals surface area contributed by atoms with Crippen molar-refractivity contribution in [2.24, 2.45) is 0 Å². The minimum absolute atomic E-state index is 0.0544. The van der Waals surface area contributed by atoms with Gasteiger partial charge >= 0.3 is 0 Å². The van der Waals surface area contributed by atoms with Gasteiger partial charge in [0.25, 0.3) is 5.91 Å². The van der Waals surface area contributed by atoms with E-state index < -0.39 is 0 Å². The zero-order chi connectivity index (χ0) is 18.8. The maximum atomic E-state index is 12.1. The van der Waals surface area contributed by atoms with Crippen molar-refractivity contribution in [3.05, 3.63) is 82.8 Å². The van der Waals surface area contributed by atoms with Crippen LogP contribution in [0.15, 0.2) is 71.6 Å². The highest BCUT2D eigenvalue weighted by Gasteiger charge is 2.28. The fraction of sp³-hybridized carbons (Fsp3) is 0.0909. The summed E-state index contributed by atoms with van der Waals surface area (Å²) in [5.74, 6) is 0.740. The van der Waals surface area contributed by atoms with Crippen LogP contribution in [0.25, 0.3) is 16.8 Å². The summed E-state index contributed by atoms with van der Waals surface area (Å²) in [5.41, 5.74) is 2.10. The molecule has 0 radical (unpaired) electrons.